The van der Waals surface area contributed by atoms with Crippen molar-refractivity contribution in [3.63, 3.8) is 0 Å². The molecule has 0 aromatic heterocycles. The Labute approximate surface area is 93.7 Å². The summed E-state index contributed by atoms with van der Waals surface area (Å²) in [4.78, 5) is 0. The SMILES string of the molecule is CCCC/N=N/[SiH]1CCCC1(OC)OC. The van der Waals surface area contributed by atoms with E-state index >= 15 is 0 Å². The lowest BCUT2D eigenvalue weighted by molar-refractivity contribution is -0.146. The van der Waals surface area contributed by atoms with E-state index in [2.05, 4.69) is 16.8 Å². The molecule has 0 radical (unpaired) electrons. The highest BCUT2D eigenvalue weighted by molar-refractivity contribution is 6.60. The summed E-state index contributed by atoms with van der Waals surface area (Å²) in [5.41, 5.74) is -0.379. The zero-order valence-corrected chi connectivity index (χ0v) is 11.2. The second-order valence-electron chi connectivity index (χ2n) is 3.96. The fraction of sp³-hybridized carbons (Fsp3) is 1.00. The van der Waals surface area contributed by atoms with Crippen molar-refractivity contribution in [1.82, 2.24) is 0 Å². The summed E-state index contributed by atoms with van der Waals surface area (Å²) in [5, 5.41) is 4.26. The summed E-state index contributed by atoms with van der Waals surface area (Å²) in [7, 11) is 2.08. The van der Waals surface area contributed by atoms with Gasteiger partial charge in [-0.1, -0.05) is 13.3 Å². The number of hydrogen-bond donors (Lipinski definition) is 0. The molecule has 0 aromatic carbocycles. The van der Waals surface area contributed by atoms with E-state index in [-0.39, 0.29) is 5.41 Å². The van der Waals surface area contributed by atoms with E-state index in [1.807, 2.05) is 0 Å². The van der Waals surface area contributed by atoms with Crippen molar-refractivity contribution in [2.75, 3.05) is 20.8 Å². The molecule has 1 saturated heterocycles. The maximum absolute atomic E-state index is 5.50. The van der Waals surface area contributed by atoms with Crippen LogP contribution in [0.5, 0.6) is 0 Å². The first-order valence-electron chi connectivity index (χ1n) is 5.76. The van der Waals surface area contributed by atoms with Crippen LogP contribution in [-0.2, 0) is 9.47 Å². The minimum absolute atomic E-state index is 0.379. The lowest BCUT2D eigenvalue weighted by atomic mass is 10.3. The molecule has 1 aliphatic heterocycles. The Kier molecular flexibility index (Phi) is 5.42. The first kappa shape index (κ1) is 12.8. The zero-order valence-electron chi connectivity index (χ0n) is 10.0. The third-order valence-corrected chi connectivity index (χ3v) is 6.21. The molecule has 0 N–H and O–H groups in total. The van der Waals surface area contributed by atoms with Gasteiger partial charge in [-0.15, -0.1) is 0 Å². The van der Waals surface area contributed by atoms with Crippen molar-refractivity contribution < 1.29 is 9.47 Å². The molecule has 1 atom stereocenters. The van der Waals surface area contributed by atoms with Crippen molar-refractivity contribution in [2.24, 2.45) is 9.89 Å². The van der Waals surface area contributed by atoms with Crippen LogP contribution < -0.4 is 0 Å². The van der Waals surface area contributed by atoms with Gasteiger partial charge in [-0.3, -0.25) is 0 Å². The van der Waals surface area contributed by atoms with Crippen LogP contribution in [0.25, 0.3) is 0 Å². The van der Waals surface area contributed by atoms with Gasteiger partial charge in [0.1, 0.15) is 0 Å². The highest BCUT2D eigenvalue weighted by Crippen LogP contribution is 2.33. The molecule has 1 rings (SSSR count). The molecular weight excluding hydrogens is 208 g/mol. The Bertz CT molecular complexity index is 208. The highest BCUT2D eigenvalue weighted by Gasteiger charge is 2.46. The first-order valence-corrected chi connectivity index (χ1v) is 7.67. The Morgan fingerprint density at radius 1 is 1.33 bits per heavy atom. The van der Waals surface area contributed by atoms with Crippen LogP contribution in [0.4, 0.5) is 0 Å². The van der Waals surface area contributed by atoms with E-state index in [9.17, 15) is 0 Å². The first-order chi connectivity index (χ1) is 7.29. The molecule has 1 heterocycles. The quantitative estimate of drug-likeness (QED) is 0.304. The highest BCUT2D eigenvalue weighted by atomic mass is 28.3. The fourth-order valence-electron chi connectivity index (χ4n) is 2.02. The monoisotopic (exact) mass is 230 g/mol. The van der Waals surface area contributed by atoms with Gasteiger partial charge >= 0.3 is 0 Å². The molecule has 1 unspecified atom stereocenters. The van der Waals surface area contributed by atoms with Crippen LogP contribution in [0.1, 0.15) is 32.6 Å². The largest absolute Gasteiger partial charge is 0.355 e. The maximum Gasteiger partial charge on any atom is 0.259 e. The third kappa shape index (κ3) is 3.09. The Hall–Kier alpha value is -0.263. The molecule has 5 heteroatoms. The number of rotatable bonds is 6. The van der Waals surface area contributed by atoms with E-state index in [0.717, 1.165) is 31.9 Å². The van der Waals surface area contributed by atoms with Gasteiger partial charge < -0.3 is 9.47 Å². The lowest BCUT2D eigenvalue weighted by Gasteiger charge is -2.28. The number of methoxy groups -OCH3 is 2. The van der Waals surface area contributed by atoms with Gasteiger partial charge in [0.25, 0.3) is 8.96 Å². The van der Waals surface area contributed by atoms with E-state index < -0.39 is 8.96 Å². The Morgan fingerprint density at radius 3 is 2.67 bits per heavy atom. The number of unbranched alkanes of at least 4 members (excludes halogenated alkanes) is 1. The topological polar surface area (TPSA) is 43.2 Å². The summed E-state index contributed by atoms with van der Waals surface area (Å²) >= 11 is 0. The summed E-state index contributed by atoms with van der Waals surface area (Å²) in [6.45, 7) is 3.01. The van der Waals surface area contributed by atoms with Crippen molar-refractivity contribution in [3.05, 3.63) is 0 Å². The molecule has 0 saturated carbocycles. The summed E-state index contributed by atoms with van der Waals surface area (Å²) in [6, 6.07) is 1.15. The van der Waals surface area contributed by atoms with E-state index in [1.165, 1.54) is 6.42 Å². The molecular formula is C10H22N2O2Si. The van der Waals surface area contributed by atoms with Crippen LogP contribution in [0.15, 0.2) is 9.89 Å². The molecule has 1 fully saturated rings. The maximum atomic E-state index is 5.50. The van der Waals surface area contributed by atoms with Crippen LogP contribution >= 0.6 is 0 Å². The molecule has 0 aromatic rings. The second kappa shape index (κ2) is 6.35. The van der Waals surface area contributed by atoms with Crippen LogP contribution in [0.3, 0.4) is 0 Å². The van der Waals surface area contributed by atoms with Crippen molar-refractivity contribution >= 4 is 8.96 Å². The van der Waals surface area contributed by atoms with Crippen molar-refractivity contribution in [1.29, 1.82) is 0 Å². The van der Waals surface area contributed by atoms with Crippen LogP contribution in [0.2, 0.25) is 6.04 Å². The molecule has 0 amide bonds. The number of ether oxygens (including phenoxy) is 2. The summed E-state index contributed by atoms with van der Waals surface area (Å²) in [5.74, 6) is 0. The molecule has 15 heavy (non-hydrogen) atoms. The van der Waals surface area contributed by atoms with Crippen LogP contribution in [0, 0.1) is 0 Å². The predicted molar refractivity (Wildman–Crippen MR) is 62.6 cm³/mol. The van der Waals surface area contributed by atoms with E-state index in [1.54, 1.807) is 14.2 Å². The van der Waals surface area contributed by atoms with Crippen LogP contribution in [-0.4, -0.2) is 35.1 Å². The van der Waals surface area contributed by atoms with Gasteiger partial charge in [0.2, 0.25) is 0 Å². The second-order valence-corrected chi connectivity index (χ2v) is 6.68. The lowest BCUT2D eigenvalue weighted by Crippen LogP contribution is -2.43. The number of nitrogens with zero attached hydrogens (tertiary/aromatic N) is 2. The smallest absolute Gasteiger partial charge is 0.259 e. The fourth-order valence-corrected chi connectivity index (χ4v) is 4.73. The van der Waals surface area contributed by atoms with Gasteiger partial charge in [0, 0.05) is 14.2 Å². The van der Waals surface area contributed by atoms with Gasteiger partial charge in [-0.05, 0) is 25.3 Å². The molecule has 88 valence electrons. The molecule has 1 aliphatic rings. The average Bonchev–Trinajstić information content (AvgIpc) is 2.68. The molecule has 0 aliphatic carbocycles. The van der Waals surface area contributed by atoms with E-state index in [4.69, 9.17) is 9.47 Å². The zero-order chi connectivity index (χ0) is 11.1. The van der Waals surface area contributed by atoms with Crippen molar-refractivity contribution in [2.45, 2.75) is 44.1 Å². The normalized spacial score (nSPS) is 25.1. The third-order valence-electron chi connectivity index (χ3n) is 3.03. The minimum Gasteiger partial charge on any atom is -0.355 e. The Balaban J connectivity index is 2.48. The van der Waals surface area contributed by atoms with Gasteiger partial charge in [-0.2, -0.15) is 0 Å². The standard InChI is InChI=1S/C10H22N2O2Si/c1-4-5-8-11-12-15-9-6-7-10(15,13-2)14-3/h15H,4-9H2,1-3H3/b12-11+. The summed E-state index contributed by atoms with van der Waals surface area (Å²) in [6.07, 6.45) is 4.43. The molecule has 0 spiro atoms. The number of hydrogen-bond acceptors (Lipinski definition) is 4. The van der Waals surface area contributed by atoms with Gasteiger partial charge in [-0.25, -0.2) is 9.89 Å². The molecule has 4 nitrogen and oxygen atoms in total. The minimum atomic E-state index is -1.36. The average molecular weight is 230 g/mol. The van der Waals surface area contributed by atoms with Gasteiger partial charge in [0.05, 0.1) is 6.54 Å². The van der Waals surface area contributed by atoms with E-state index in [0.29, 0.717) is 0 Å². The van der Waals surface area contributed by atoms with Crippen molar-refractivity contribution in [3.8, 4) is 0 Å². The molecule has 0 bridgehead atoms. The predicted octanol–water partition coefficient (Wildman–Crippen LogP) is 2.28. The van der Waals surface area contributed by atoms with Gasteiger partial charge in [0.15, 0.2) is 5.41 Å². The Morgan fingerprint density at radius 2 is 2.07 bits per heavy atom. The summed E-state index contributed by atoms with van der Waals surface area (Å²) < 4.78 is 15.5.